The molecule has 6 heteroatoms. The van der Waals surface area contributed by atoms with E-state index in [0.717, 1.165) is 0 Å². The van der Waals surface area contributed by atoms with Gasteiger partial charge >= 0.3 is 0 Å². The van der Waals surface area contributed by atoms with Gasteiger partial charge in [0.25, 0.3) is 11.8 Å². The lowest BCUT2D eigenvalue weighted by molar-refractivity contribution is 0.0767. The van der Waals surface area contributed by atoms with Crippen LogP contribution in [0.25, 0.3) is 0 Å². The summed E-state index contributed by atoms with van der Waals surface area (Å²) >= 11 is 0. The number of nitrogens with one attached hydrogen (secondary N) is 1. The van der Waals surface area contributed by atoms with Crippen LogP contribution in [0.1, 0.15) is 40.3 Å². The van der Waals surface area contributed by atoms with Gasteiger partial charge in [0.2, 0.25) is 0 Å². The van der Waals surface area contributed by atoms with Crippen molar-refractivity contribution in [2.24, 2.45) is 0 Å². The van der Waals surface area contributed by atoms with Crippen LogP contribution in [0, 0.1) is 11.3 Å². The highest BCUT2D eigenvalue weighted by Crippen LogP contribution is 2.12. The minimum Gasteiger partial charge on any atom is -0.338 e. The second-order valence-corrected chi connectivity index (χ2v) is 5.05. The molecule has 24 heavy (non-hydrogen) atoms. The highest BCUT2D eigenvalue weighted by Gasteiger charge is 2.16. The van der Waals surface area contributed by atoms with E-state index < -0.39 is 0 Å². The number of carbonyl (C=O) groups excluding carboxylic acids is 2. The van der Waals surface area contributed by atoms with Gasteiger partial charge in [-0.25, -0.2) is 0 Å². The number of nitrogens with zero attached hydrogens (tertiary/aromatic N) is 3. The molecule has 0 radical (unpaired) electrons. The topological polar surface area (TPSA) is 86.1 Å². The Kier molecular flexibility index (Phi) is 5.63. The van der Waals surface area contributed by atoms with Crippen LogP contribution in [-0.2, 0) is 0 Å². The van der Waals surface area contributed by atoms with E-state index in [-0.39, 0.29) is 17.5 Å². The molecule has 2 amide bonds. The molecule has 2 rings (SSSR count). The van der Waals surface area contributed by atoms with E-state index in [1.165, 1.54) is 12.3 Å². The van der Waals surface area contributed by atoms with Gasteiger partial charge in [-0.1, -0.05) is 0 Å². The number of aromatic nitrogens is 1. The molecule has 0 aliphatic carbocycles. The molecule has 1 aromatic carbocycles. The quantitative estimate of drug-likeness (QED) is 0.917. The predicted molar refractivity (Wildman–Crippen MR) is 90.6 cm³/mol. The Morgan fingerprint density at radius 1 is 1.17 bits per heavy atom. The van der Waals surface area contributed by atoms with Crippen molar-refractivity contribution < 1.29 is 9.59 Å². The molecule has 1 N–H and O–H groups in total. The summed E-state index contributed by atoms with van der Waals surface area (Å²) in [5, 5.41) is 11.5. The molecular weight excluding hydrogens is 304 g/mol. The first kappa shape index (κ1) is 17.2. The highest BCUT2D eigenvalue weighted by atomic mass is 16.2. The molecule has 0 fully saturated rings. The molecule has 0 unspecified atom stereocenters. The number of amides is 2. The van der Waals surface area contributed by atoms with Gasteiger partial charge in [0.1, 0.15) is 5.69 Å². The Balaban J connectivity index is 2.16. The normalized spacial score (nSPS) is 9.88. The maximum atomic E-state index is 12.3. The smallest absolute Gasteiger partial charge is 0.272 e. The molecule has 0 spiro atoms. The first-order valence-corrected chi connectivity index (χ1v) is 7.65. The summed E-state index contributed by atoms with van der Waals surface area (Å²) in [4.78, 5) is 30.3. The fraction of sp³-hybridized carbons (Fsp3) is 0.222. The number of hydrogen-bond acceptors (Lipinski definition) is 4. The number of pyridine rings is 1. The van der Waals surface area contributed by atoms with E-state index in [1.54, 1.807) is 35.2 Å². The third-order valence-corrected chi connectivity index (χ3v) is 3.56. The SMILES string of the molecule is CCN(CC)C(=O)c1cc(C(=O)Nc2ccc(C#N)cc2)ccn1. The van der Waals surface area contributed by atoms with Crippen molar-refractivity contribution in [2.75, 3.05) is 18.4 Å². The van der Waals surface area contributed by atoms with Crippen LogP contribution in [0.3, 0.4) is 0 Å². The van der Waals surface area contributed by atoms with Crippen molar-refractivity contribution in [3.8, 4) is 6.07 Å². The van der Waals surface area contributed by atoms with Gasteiger partial charge in [0, 0.05) is 30.5 Å². The molecule has 0 atom stereocenters. The lowest BCUT2D eigenvalue weighted by Crippen LogP contribution is -2.31. The van der Waals surface area contributed by atoms with Gasteiger partial charge in [0.05, 0.1) is 11.6 Å². The van der Waals surface area contributed by atoms with E-state index in [9.17, 15) is 9.59 Å². The van der Waals surface area contributed by atoms with Crippen molar-refractivity contribution in [3.63, 3.8) is 0 Å². The largest absolute Gasteiger partial charge is 0.338 e. The summed E-state index contributed by atoms with van der Waals surface area (Å²) < 4.78 is 0. The highest BCUT2D eigenvalue weighted by molar-refractivity contribution is 6.05. The van der Waals surface area contributed by atoms with Crippen molar-refractivity contribution in [3.05, 3.63) is 59.4 Å². The van der Waals surface area contributed by atoms with Gasteiger partial charge in [-0.15, -0.1) is 0 Å². The molecule has 6 nitrogen and oxygen atoms in total. The van der Waals surface area contributed by atoms with Crippen LogP contribution in [-0.4, -0.2) is 34.8 Å². The summed E-state index contributed by atoms with van der Waals surface area (Å²) in [6.07, 6.45) is 1.45. The van der Waals surface area contributed by atoms with Crippen molar-refractivity contribution in [2.45, 2.75) is 13.8 Å². The van der Waals surface area contributed by atoms with Gasteiger partial charge in [-0.05, 0) is 50.2 Å². The summed E-state index contributed by atoms with van der Waals surface area (Å²) in [7, 11) is 0. The van der Waals surface area contributed by atoms with E-state index in [1.807, 2.05) is 19.9 Å². The van der Waals surface area contributed by atoms with Crippen LogP contribution < -0.4 is 5.32 Å². The third-order valence-electron chi connectivity index (χ3n) is 3.56. The molecule has 0 saturated carbocycles. The van der Waals surface area contributed by atoms with Crippen molar-refractivity contribution in [1.29, 1.82) is 5.26 Å². The Labute approximate surface area is 140 Å². The van der Waals surface area contributed by atoms with E-state index in [0.29, 0.717) is 29.9 Å². The summed E-state index contributed by atoms with van der Waals surface area (Å²) in [6.45, 7) is 4.95. The monoisotopic (exact) mass is 322 g/mol. The summed E-state index contributed by atoms with van der Waals surface area (Å²) in [6, 6.07) is 11.6. The lowest BCUT2D eigenvalue weighted by atomic mass is 10.2. The van der Waals surface area contributed by atoms with Crippen LogP contribution in [0.2, 0.25) is 0 Å². The average molecular weight is 322 g/mol. The Morgan fingerprint density at radius 3 is 2.42 bits per heavy atom. The minimum absolute atomic E-state index is 0.201. The number of hydrogen-bond donors (Lipinski definition) is 1. The van der Waals surface area contributed by atoms with Crippen LogP contribution >= 0.6 is 0 Å². The van der Waals surface area contributed by atoms with Gasteiger partial charge in [-0.3, -0.25) is 14.6 Å². The average Bonchev–Trinajstić information content (AvgIpc) is 2.63. The van der Waals surface area contributed by atoms with Crippen LogP contribution in [0.15, 0.2) is 42.6 Å². The van der Waals surface area contributed by atoms with Crippen molar-refractivity contribution >= 4 is 17.5 Å². The molecule has 0 saturated heterocycles. The zero-order chi connectivity index (χ0) is 17.5. The number of anilines is 1. The first-order valence-electron chi connectivity index (χ1n) is 7.65. The molecule has 0 bridgehead atoms. The van der Waals surface area contributed by atoms with E-state index >= 15 is 0 Å². The van der Waals surface area contributed by atoms with E-state index in [2.05, 4.69) is 10.3 Å². The van der Waals surface area contributed by atoms with Gasteiger partial charge < -0.3 is 10.2 Å². The standard InChI is InChI=1S/C18H18N4O2/c1-3-22(4-2)18(24)16-11-14(9-10-20-16)17(23)21-15-7-5-13(12-19)6-8-15/h5-11H,3-4H2,1-2H3,(H,21,23). The number of nitriles is 1. The summed E-state index contributed by atoms with van der Waals surface area (Å²) in [5.41, 5.74) is 1.69. The molecule has 1 heterocycles. The Morgan fingerprint density at radius 2 is 1.83 bits per heavy atom. The fourth-order valence-electron chi connectivity index (χ4n) is 2.19. The molecule has 1 aromatic heterocycles. The maximum Gasteiger partial charge on any atom is 0.272 e. The minimum atomic E-state index is -0.337. The second kappa shape index (κ2) is 7.88. The van der Waals surface area contributed by atoms with Crippen molar-refractivity contribution in [1.82, 2.24) is 9.88 Å². The molecular formula is C18H18N4O2. The van der Waals surface area contributed by atoms with Crippen LogP contribution in [0.4, 0.5) is 5.69 Å². The number of rotatable bonds is 5. The number of carbonyl (C=O) groups is 2. The molecule has 0 aliphatic rings. The molecule has 0 aliphatic heterocycles. The summed E-state index contributed by atoms with van der Waals surface area (Å²) in [5.74, 6) is -0.538. The maximum absolute atomic E-state index is 12.3. The third kappa shape index (κ3) is 3.96. The van der Waals surface area contributed by atoms with E-state index in [4.69, 9.17) is 5.26 Å². The Bertz CT molecular complexity index is 774. The molecule has 122 valence electrons. The lowest BCUT2D eigenvalue weighted by Gasteiger charge is -2.18. The zero-order valence-corrected chi connectivity index (χ0v) is 13.6. The predicted octanol–water partition coefficient (Wildman–Crippen LogP) is 2.69. The molecule has 2 aromatic rings. The number of benzene rings is 1. The zero-order valence-electron chi connectivity index (χ0n) is 13.6. The van der Waals surface area contributed by atoms with Gasteiger partial charge in [0.15, 0.2) is 0 Å². The fourth-order valence-corrected chi connectivity index (χ4v) is 2.19. The van der Waals surface area contributed by atoms with Crippen LogP contribution in [0.5, 0.6) is 0 Å². The first-order chi connectivity index (χ1) is 11.6. The van der Waals surface area contributed by atoms with Gasteiger partial charge in [-0.2, -0.15) is 5.26 Å². The second-order valence-electron chi connectivity index (χ2n) is 5.05. The Hall–Kier alpha value is -3.20.